The molecule has 98 valence electrons. The van der Waals surface area contributed by atoms with Gasteiger partial charge in [0.1, 0.15) is 0 Å². The third-order valence-corrected chi connectivity index (χ3v) is 5.53. The Morgan fingerprint density at radius 3 is 2.47 bits per heavy atom. The highest BCUT2D eigenvalue weighted by molar-refractivity contribution is 9.10. The Kier molecular flexibility index (Phi) is 3.26. The van der Waals surface area contributed by atoms with E-state index in [2.05, 4.69) is 67.0 Å². The van der Waals surface area contributed by atoms with E-state index < -0.39 is 0 Å². The Morgan fingerprint density at radius 2 is 1.68 bits per heavy atom. The van der Waals surface area contributed by atoms with Gasteiger partial charge in [-0.15, -0.1) is 0 Å². The smallest absolute Gasteiger partial charge is 0.0210 e. The predicted molar refractivity (Wildman–Crippen MR) is 85.0 cm³/mol. The fourth-order valence-corrected chi connectivity index (χ4v) is 3.82. The van der Waals surface area contributed by atoms with Crippen LogP contribution >= 0.6 is 15.9 Å². The zero-order valence-corrected chi connectivity index (χ0v) is 13.3. The molecule has 1 heteroatoms. The summed E-state index contributed by atoms with van der Waals surface area (Å²) in [4.78, 5) is 0. The molecule has 0 amide bonds. The molecule has 0 saturated carbocycles. The van der Waals surface area contributed by atoms with Crippen LogP contribution in [0.3, 0.4) is 0 Å². The van der Waals surface area contributed by atoms with Crippen molar-refractivity contribution in [2.75, 3.05) is 0 Å². The molecule has 0 bridgehead atoms. The van der Waals surface area contributed by atoms with Crippen LogP contribution < -0.4 is 0 Å². The van der Waals surface area contributed by atoms with E-state index in [1.807, 2.05) is 0 Å². The van der Waals surface area contributed by atoms with E-state index in [9.17, 15) is 0 Å². The van der Waals surface area contributed by atoms with Crippen LogP contribution in [0.1, 0.15) is 45.7 Å². The molecule has 1 atom stereocenters. The zero-order chi connectivity index (χ0) is 13.6. The van der Waals surface area contributed by atoms with Gasteiger partial charge in [0.2, 0.25) is 0 Å². The Bertz CT molecular complexity index is 640. The van der Waals surface area contributed by atoms with Gasteiger partial charge in [0.15, 0.2) is 0 Å². The third-order valence-electron chi connectivity index (χ3n) is 4.71. The van der Waals surface area contributed by atoms with Crippen LogP contribution in [-0.2, 0) is 6.42 Å². The summed E-state index contributed by atoms with van der Waals surface area (Å²) >= 11 is 3.72. The Balaban J connectivity index is 2.15. The van der Waals surface area contributed by atoms with Gasteiger partial charge in [-0.05, 0) is 73.1 Å². The summed E-state index contributed by atoms with van der Waals surface area (Å²) in [5.74, 6) is 0.576. The molecule has 2 aromatic carbocycles. The second kappa shape index (κ2) is 4.79. The van der Waals surface area contributed by atoms with Crippen molar-refractivity contribution in [1.82, 2.24) is 0 Å². The molecule has 0 aromatic heterocycles. The molecule has 0 heterocycles. The monoisotopic (exact) mass is 314 g/mol. The molecular formula is C18H19Br. The second-order valence-corrected chi connectivity index (χ2v) is 6.47. The van der Waals surface area contributed by atoms with E-state index in [4.69, 9.17) is 0 Å². The number of hydrogen-bond acceptors (Lipinski definition) is 0. The summed E-state index contributed by atoms with van der Waals surface area (Å²) in [6.45, 7) is 6.70. The lowest BCUT2D eigenvalue weighted by Crippen LogP contribution is -2.02. The topological polar surface area (TPSA) is 0 Å². The average molecular weight is 315 g/mol. The number of halogens is 1. The van der Waals surface area contributed by atoms with Gasteiger partial charge in [0, 0.05) is 10.4 Å². The number of hydrogen-bond donors (Lipinski definition) is 0. The Morgan fingerprint density at radius 1 is 0.947 bits per heavy atom. The van der Waals surface area contributed by atoms with Crippen molar-refractivity contribution in [3.05, 3.63) is 68.2 Å². The molecule has 1 aliphatic carbocycles. The third kappa shape index (κ3) is 2.04. The van der Waals surface area contributed by atoms with Gasteiger partial charge in [-0.25, -0.2) is 0 Å². The van der Waals surface area contributed by atoms with Gasteiger partial charge in [-0.3, -0.25) is 0 Å². The minimum Gasteiger partial charge on any atom is -0.0620 e. The van der Waals surface area contributed by atoms with Gasteiger partial charge in [0.05, 0.1) is 0 Å². The highest BCUT2D eigenvalue weighted by Gasteiger charge is 2.25. The van der Waals surface area contributed by atoms with E-state index in [0.29, 0.717) is 5.92 Å². The highest BCUT2D eigenvalue weighted by Crippen LogP contribution is 2.41. The standard InChI is InChI=1S/C18H19Br/c1-11-12(2)17(10-18(19)13(11)3)16-9-8-14-6-4-5-7-15(14)16/h4-7,10,16H,8-9H2,1-3H3. The molecule has 0 nitrogen and oxygen atoms in total. The number of benzene rings is 2. The molecule has 0 saturated heterocycles. The maximum Gasteiger partial charge on any atom is 0.0210 e. The largest absolute Gasteiger partial charge is 0.0620 e. The second-order valence-electron chi connectivity index (χ2n) is 5.61. The first-order valence-electron chi connectivity index (χ1n) is 6.93. The fraction of sp³-hybridized carbons (Fsp3) is 0.333. The van der Waals surface area contributed by atoms with E-state index in [1.165, 1.54) is 50.7 Å². The number of fused-ring (bicyclic) bond motifs is 1. The average Bonchev–Trinajstić information content (AvgIpc) is 2.84. The van der Waals surface area contributed by atoms with E-state index in [-0.39, 0.29) is 0 Å². The molecule has 2 aromatic rings. The summed E-state index contributed by atoms with van der Waals surface area (Å²) < 4.78 is 1.25. The van der Waals surface area contributed by atoms with Crippen molar-refractivity contribution >= 4 is 15.9 Å². The lowest BCUT2D eigenvalue weighted by Gasteiger charge is -2.19. The van der Waals surface area contributed by atoms with Gasteiger partial charge in [-0.2, -0.15) is 0 Å². The van der Waals surface area contributed by atoms with Crippen molar-refractivity contribution < 1.29 is 0 Å². The van der Waals surface area contributed by atoms with Crippen molar-refractivity contribution in [2.24, 2.45) is 0 Å². The molecule has 0 fully saturated rings. The first kappa shape index (κ1) is 12.9. The summed E-state index contributed by atoms with van der Waals surface area (Å²) in [6.07, 6.45) is 2.46. The quantitative estimate of drug-likeness (QED) is 0.656. The molecule has 1 aliphatic rings. The van der Waals surface area contributed by atoms with E-state index >= 15 is 0 Å². The van der Waals surface area contributed by atoms with Crippen molar-refractivity contribution in [3.8, 4) is 0 Å². The molecule has 19 heavy (non-hydrogen) atoms. The van der Waals surface area contributed by atoms with Gasteiger partial charge in [-0.1, -0.05) is 40.2 Å². The predicted octanol–water partition coefficient (Wildman–Crippen LogP) is 5.45. The molecule has 3 rings (SSSR count). The van der Waals surface area contributed by atoms with Crippen LogP contribution in [0.2, 0.25) is 0 Å². The fourth-order valence-electron chi connectivity index (χ4n) is 3.27. The number of aryl methyl sites for hydroxylation is 1. The van der Waals surface area contributed by atoms with Crippen LogP contribution in [0.25, 0.3) is 0 Å². The normalized spacial score (nSPS) is 17.6. The maximum absolute atomic E-state index is 3.72. The van der Waals surface area contributed by atoms with Gasteiger partial charge in [0.25, 0.3) is 0 Å². The first-order chi connectivity index (χ1) is 9.09. The highest BCUT2D eigenvalue weighted by atomic mass is 79.9. The summed E-state index contributed by atoms with van der Waals surface area (Å²) in [5, 5.41) is 0. The summed E-state index contributed by atoms with van der Waals surface area (Å²) in [6, 6.07) is 11.2. The lowest BCUT2D eigenvalue weighted by atomic mass is 9.87. The molecule has 1 unspecified atom stereocenters. The van der Waals surface area contributed by atoms with Crippen molar-refractivity contribution in [2.45, 2.75) is 39.5 Å². The van der Waals surface area contributed by atoms with Crippen molar-refractivity contribution in [3.63, 3.8) is 0 Å². The van der Waals surface area contributed by atoms with Crippen LogP contribution in [-0.4, -0.2) is 0 Å². The molecule has 0 radical (unpaired) electrons. The van der Waals surface area contributed by atoms with Crippen LogP contribution in [0.4, 0.5) is 0 Å². The summed E-state index contributed by atoms with van der Waals surface area (Å²) in [7, 11) is 0. The minimum atomic E-state index is 0.576. The lowest BCUT2D eigenvalue weighted by molar-refractivity contribution is 0.779. The first-order valence-corrected chi connectivity index (χ1v) is 7.73. The minimum absolute atomic E-state index is 0.576. The van der Waals surface area contributed by atoms with E-state index in [1.54, 1.807) is 0 Å². The maximum atomic E-state index is 3.72. The number of rotatable bonds is 1. The van der Waals surface area contributed by atoms with E-state index in [0.717, 1.165) is 0 Å². The molecule has 0 spiro atoms. The molecular weight excluding hydrogens is 296 g/mol. The molecule has 0 aliphatic heterocycles. The van der Waals surface area contributed by atoms with Crippen molar-refractivity contribution in [1.29, 1.82) is 0 Å². The van der Waals surface area contributed by atoms with Crippen LogP contribution in [0.15, 0.2) is 34.8 Å². The zero-order valence-electron chi connectivity index (χ0n) is 11.8. The molecule has 0 N–H and O–H groups in total. The van der Waals surface area contributed by atoms with Gasteiger partial charge >= 0.3 is 0 Å². The Labute approximate surface area is 124 Å². The summed E-state index contributed by atoms with van der Waals surface area (Å²) in [5.41, 5.74) is 8.81. The SMILES string of the molecule is Cc1c(Br)cc(C2CCc3ccccc32)c(C)c1C. The Hall–Kier alpha value is -1.08. The van der Waals surface area contributed by atoms with Crippen LogP contribution in [0, 0.1) is 20.8 Å². The van der Waals surface area contributed by atoms with Crippen LogP contribution in [0.5, 0.6) is 0 Å². The van der Waals surface area contributed by atoms with Gasteiger partial charge < -0.3 is 0 Å².